The van der Waals surface area contributed by atoms with E-state index in [1.165, 1.54) is 0 Å². The molecule has 16 heavy (non-hydrogen) atoms. The maximum atomic E-state index is 5.57. The molecule has 2 fully saturated rings. The Morgan fingerprint density at radius 1 is 1.25 bits per heavy atom. The Hall–Kier alpha value is -1.24. The van der Waals surface area contributed by atoms with E-state index in [1.54, 1.807) is 18.5 Å². The van der Waals surface area contributed by atoms with Crippen LogP contribution in [0.15, 0.2) is 18.5 Å². The van der Waals surface area contributed by atoms with Gasteiger partial charge in [0.05, 0.1) is 13.2 Å². The molecule has 0 aromatic carbocycles. The summed E-state index contributed by atoms with van der Waals surface area (Å²) in [4.78, 5) is 10.2. The van der Waals surface area contributed by atoms with Crippen LogP contribution in [0.5, 0.6) is 6.01 Å². The number of ether oxygens (including phenoxy) is 3. The lowest BCUT2D eigenvalue weighted by Crippen LogP contribution is -2.48. The first-order chi connectivity index (χ1) is 7.89. The normalized spacial score (nSPS) is 23.2. The monoisotopic (exact) mass is 223 g/mol. The van der Waals surface area contributed by atoms with E-state index in [9.17, 15) is 0 Å². The van der Waals surface area contributed by atoms with Crippen LogP contribution in [-0.4, -0.2) is 53.7 Å². The molecular formula is C10H13N3O3. The fraction of sp³-hybridized carbons (Fsp3) is 0.600. The first-order valence-corrected chi connectivity index (χ1v) is 5.19. The molecule has 0 spiro atoms. The summed E-state index contributed by atoms with van der Waals surface area (Å²) in [6, 6.07) is 2.16. The predicted octanol–water partition coefficient (Wildman–Crippen LogP) is -0.128. The van der Waals surface area contributed by atoms with E-state index in [0.717, 1.165) is 0 Å². The first-order valence-electron chi connectivity index (χ1n) is 5.19. The van der Waals surface area contributed by atoms with E-state index in [-0.39, 0.29) is 5.54 Å². The number of fused-ring (bicyclic) bond motifs is 1. The molecule has 1 aromatic rings. The highest BCUT2D eigenvalue weighted by atomic mass is 16.6. The Balaban J connectivity index is 1.66. The molecule has 3 heterocycles. The van der Waals surface area contributed by atoms with Crippen molar-refractivity contribution in [1.82, 2.24) is 14.9 Å². The molecule has 2 saturated heterocycles. The lowest BCUT2D eigenvalue weighted by Gasteiger charge is -2.26. The van der Waals surface area contributed by atoms with E-state index in [2.05, 4.69) is 14.9 Å². The Morgan fingerprint density at radius 2 is 1.94 bits per heavy atom. The van der Waals surface area contributed by atoms with Crippen molar-refractivity contribution in [2.75, 3.05) is 33.3 Å². The Labute approximate surface area is 93.1 Å². The van der Waals surface area contributed by atoms with Gasteiger partial charge < -0.3 is 14.2 Å². The van der Waals surface area contributed by atoms with E-state index < -0.39 is 0 Å². The van der Waals surface area contributed by atoms with Gasteiger partial charge in [0.2, 0.25) is 0 Å². The molecule has 3 rings (SSSR count). The summed E-state index contributed by atoms with van der Waals surface area (Å²) in [7, 11) is 0. The van der Waals surface area contributed by atoms with E-state index in [4.69, 9.17) is 14.2 Å². The second-order valence-electron chi connectivity index (χ2n) is 4.04. The average Bonchev–Trinajstić information content (AvgIpc) is 2.87. The van der Waals surface area contributed by atoms with Crippen LogP contribution >= 0.6 is 0 Å². The largest absolute Gasteiger partial charge is 0.461 e. The molecule has 6 nitrogen and oxygen atoms in total. The molecule has 86 valence electrons. The quantitative estimate of drug-likeness (QED) is 0.711. The third kappa shape index (κ3) is 1.64. The number of hydrogen-bond acceptors (Lipinski definition) is 6. The number of rotatable bonds is 3. The van der Waals surface area contributed by atoms with Gasteiger partial charge in [-0.25, -0.2) is 14.9 Å². The summed E-state index contributed by atoms with van der Waals surface area (Å²) in [6.45, 7) is 2.99. The molecule has 2 aliphatic heterocycles. The molecule has 0 amide bonds. The molecule has 1 aromatic heterocycles. The summed E-state index contributed by atoms with van der Waals surface area (Å²) in [5.74, 6) is 0. The molecule has 0 saturated carbocycles. The molecule has 0 atom stereocenters. The minimum absolute atomic E-state index is 0.154. The minimum Gasteiger partial charge on any atom is -0.461 e. The zero-order valence-corrected chi connectivity index (χ0v) is 8.83. The molecule has 0 aliphatic carbocycles. The third-order valence-corrected chi connectivity index (χ3v) is 2.92. The molecular weight excluding hydrogens is 210 g/mol. The summed E-state index contributed by atoms with van der Waals surface area (Å²) in [6.07, 6.45) is 3.32. The van der Waals surface area contributed by atoms with Gasteiger partial charge in [-0.3, -0.25) is 0 Å². The summed E-state index contributed by atoms with van der Waals surface area (Å²) >= 11 is 0. The average molecular weight is 223 g/mol. The highest BCUT2D eigenvalue weighted by Crippen LogP contribution is 2.28. The zero-order chi connectivity index (χ0) is 10.8. The van der Waals surface area contributed by atoms with Crippen LogP contribution in [0.1, 0.15) is 0 Å². The van der Waals surface area contributed by atoms with Crippen LogP contribution in [0.2, 0.25) is 0 Å². The van der Waals surface area contributed by atoms with Gasteiger partial charge in [-0.15, -0.1) is 0 Å². The van der Waals surface area contributed by atoms with Gasteiger partial charge in [-0.05, 0) is 6.07 Å². The summed E-state index contributed by atoms with van der Waals surface area (Å²) in [5, 5.41) is 0. The smallest absolute Gasteiger partial charge is 0.316 e. The fourth-order valence-electron chi connectivity index (χ4n) is 1.96. The SMILES string of the molecule is c1cnc(OCC23COCN2COC3)nc1. The second-order valence-corrected chi connectivity index (χ2v) is 4.04. The maximum Gasteiger partial charge on any atom is 0.316 e. The highest BCUT2D eigenvalue weighted by molar-refractivity contribution is 5.00. The van der Waals surface area contributed by atoms with Crippen molar-refractivity contribution in [3.63, 3.8) is 0 Å². The minimum atomic E-state index is -0.154. The number of nitrogens with zero attached hydrogens (tertiary/aromatic N) is 3. The zero-order valence-electron chi connectivity index (χ0n) is 8.83. The van der Waals surface area contributed by atoms with Crippen LogP contribution in [0.4, 0.5) is 0 Å². The Bertz CT molecular complexity index is 350. The summed E-state index contributed by atoms with van der Waals surface area (Å²) < 4.78 is 16.4. The van der Waals surface area contributed by atoms with Crippen molar-refractivity contribution >= 4 is 0 Å². The van der Waals surface area contributed by atoms with Crippen LogP contribution in [0.25, 0.3) is 0 Å². The highest BCUT2D eigenvalue weighted by Gasteiger charge is 2.47. The van der Waals surface area contributed by atoms with Crippen molar-refractivity contribution in [2.45, 2.75) is 5.54 Å². The van der Waals surface area contributed by atoms with Crippen molar-refractivity contribution in [1.29, 1.82) is 0 Å². The number of aromatic nitrogens is 2. The van der Waals surface area contributed by atoms with E-state index >= 15 is 0 Å². The van der Waals surface area contributed by atoms with Crippen molar-refractivity contribution in [3.8, 4) is 6.01 Å². The summed E-state index contributed by atoms with van der Waals surface area (Å²) in [5.41, 5.74) is -0.154. The van der Waals surface area contributed by atoms with Gasteiger partial charge in [0.1, 0.15) is 25.6 Å². The number of hydrogen-bond donors (Lipinski definition) is 0. The third-order valence-electron chi connectivity index (χ3n) is 2.92. The van der Waals surface area contributed by atoms with Gasteiger partial charge in [-0.2, -0.15) is 0 Å². The van der Waals surface area contributed by atoms with Gasteiger partial charge in [-0.1, -0.05) is 0 Å². The van der Waals surface area contributed by atoms with Crippen LogP contribution in [0, 0.1) is 0 Å². The molecule has 0 N–H and O–H groups in total. The van der Waals surface area contributed by atoms with Crippen molar-refractivity contribution < 1.29 is 14.2 Å². The van der Waals surface area contributed by atoms with Gasteiger partial charge in [0, 0.05) is 12.4 Å². The predicted molar refractivity (Wildman–Crippen MR) is 53.7 cm³/mol. The van der Waals surface area contributed by atoms with E-state index in [0.29, 0.717) is 39.3 Å². The standard InChI is InChI=1S/C10H13N3O3/c1-2-11-9(12-3-1)16-6-10-4-14-7-13(10)8-15-5-10/h1-3H,4-8H2. The van der Waals surface area contributed by atoms with E-state index in [1.807, 2.05) is 0 Å². The van der Waals surface area contributed by atoms with Crippen LogP contribution in [-0.2, 0) is 9.47 Å². The molecule has 0 radical (unpaired) electrons. The lowest BCUT2D eigenvalue weighted by atomic mass is 10.0. The molecule has 6 heteroatoms. The van der Waals surface area contributed by atoms with Crippen LogP contribution in [0.3, 0.4) is 0 Å². The first kappa shape index (κ1) is 9.95. The van der Waals surface area contributed by atoms with Crippen molar-refractivity contribution in [3.05, 3.63) is 18.5 Å². The Morgan fingerprint density at radius 3 is 2.62 bits per heavy atom. The lowest BCUT2D eigenvalue weighted by molar-refractivity contribution is 0.0693. The Kier molecular flexibility index (Phi) is 2.47. The van der Waals surface area contributed by atoms with Crippen molar-refractivity contribution in [2.24, 2.45) is 0 Å². The molecule has 2 aliphatic rings. The molecule has 0 unspecified atom stereocenters. The fourth-order valence-corrected chi connectivity index (χ4v) is 1.96. The van der Waals surface area contributed by atoms with Crippen LogP contribution < -0.4 is 4.74 Å². The molecule has 0 bridgehead atoms. The van der Waals surface area contributed by atoms with Gasteiger partial charge in [0.25, 0.3) is 0 Å². The topological polar surface area (TPSA) is 56.7 Å². The maximum absolute atomic E-state index is 5.57. The van der Waals surface area contributed by atoms with Gasteiger partial charge >= 0.3 is 6.01 Å². The second kappa shape index (κ2) is 3.97. The van der Waals surface area contributed by atoms with Gasteiger partial charge in [0.15, 0.2) is 0 Å².